The van der Waals surface area contributed by atoms with Crippen molar-refractivity contribution in [3.05, 3.63) is 30.2 Å². The Morgan fingerprint density at radius 3 is 3.10 bits per heavy atom. The number of nitrogens with zero attached hydrogens (tertiary/aromatic N) is 5. The van der Waals surface area contributed by atoms with Gasteiger partial charge >= 0.3 is 0 Å². The van der Waals surface area contributed by atoms with Crippen LogP contribution in [0.15, 0.2) is 28.1 Å². The van der Waals surface area contributed by atoms with E-state index in [4.69, 9.17) is 9.26 Å². The molecule has 110 valence electrons. The van der Waals surface area contributed by atoms with Crippen LogP contribution in [0.3, 0.4) is 0 Å². The molecule has 0 saturated heterocycles. The van der Waals surface area contributed by atoms with Crippen LogP contribution in [0, 0.1) is 0 Å². The summed E-state index contributed by atoms with van der Waals surface area (Å²) in [5.41, 5.74) is 1.98. The zero-order valence-corrected chi connectivity index (χ0v) is 12.6. The van der Waals surface area contributed by atoms with E-state index in [2.05, 4.69) is 31.6 Å². The summed E-state index contributed by atoms with van der Waals surface area (Å²) in [6.07, 6.45) is 3.55. The Balaban J connectivity index is 1.77. The van der Waals surface area contributed by atoms with Gasteiger partial charge in [-0.15, -0.1) is 0 Å². The fourth-order valence-electron chi connectivity index (χ4n) is 2.04. The molecule has 0 bridgehead atoms. The molecule has 0 aliphatic heterocycles. The largest absolute Gasteiger partial charge is 0.375 e. The van der Waals surface area contributed by atoms with Crippen LogP contribution in [0.5, 0.6) is 0 Å². The number of hydrogen-bond acceptors (Lipinski definition) is 7. The standard InChI is InChI=1S/C13H15N5O2S/c1-3-18-10-4-5-14-6-9(10)15-13(18)21-8-11-16-12(7-19-2)20-17-11/h4-6H,3,7-8H2,1-2H3. The summed E-state index contributed by atoms with van der Waals surface area (Å²) in [5.74, 6) is 1.73. The second-order valence-electron chi connectivity index (χ2n) is 4.33. The molecule has 0 saturated carbocycles. The average molecular weight is 305 g/mol. The smallest absolute Gasteiger partial charge is 0.252 e. The van der Waals surface area contributed by atoms with Gasteiger partial charge < -0.3 is 13.8 Å². The van der Waals surface area contributed by atoms with Crippen LogP contribution in [0.1, 0.15) is 18.6 Å². The lowest BCUT2D eigenvalue weighted by atomic mass is 10.4. The Morgan fingerprint density at radius 1 is 1.38 bits per heavy atom. The molecule has 7 nitrogen and oxygen atoms in total. The fraction of sp³-hybridized carbons (Fsp3) is 0.385. The van der Waals surface area contributed by atoms with Crippen molar-refractivity contribution in [3.8, 4) is 0 Å². The third-order valence-corrected chi connectivity index (χ3v) is 3.91. The van der Waals surface area contributed by atoms with Gasteiger partial charge in [-0.25, -0.2) is 4.98 Å². The fourth-order valence-corrected chi connectivity index (χ4v) is 2.96. The molecule has 0 atom stereocenters. The van der Waals surface area contributed by atoms with E-state index in [1.807, 2.05) is 6.07 Å². The second kappa shape index (κ2) is 6.23. The van der Waals surface area contributed by atoms with Crippen LogP contribution in [0.25, 0.3) is 11.0 Å². The lowest BCUT2D eigenvalue weighted by molar-refractivity contribution is 0.151. The van der Waals surface area contributed by atoms with Crippen molar-refractivity contribution in [1.29, 1.82) is 0 Å². The van der Waals surface area contributed by atoms with Crippen molar-refractivity contribution in [2.24, 2.45) is 0 Å². The molecule has 0 fully saturated rings. The molecule has 3 heterocycles. The van der Waals surface area contributed by atoms with Crippen molar-refractivity contribution in [2.45, 2.75) is 31.0 Å². The molecule has 3 aromatic heterocycles. The normalized spacial score (nSPS) is 11.3. The number of thioether (sulfide) groups is 1. The number of pyridine rings is 1. The number of aryl methyl sites for hydroxylation is 1. The van der Waals surface area contributed by atoms with Crippen molar-refractivity contribution < 1.29 is 9.26 Å². The monoisotopic (exact) mass is 305 g/mol. The van der Waals surface area contributed by atoms with Crippen molar-refractivity contribution >= 4 is 22.8 Å². The van der Waals surface area contributed by atoms with E-state index in [0.717, 1.165) is 22.7 Å². The number of hydrogen-bond donors (Lipinski definition) is 0. The van der Waals surface area contributed by atoms with Crippen molar-refractivity contribution in [2.75, 3.05) is 7.11 Å². The zero-order chi connectivity index (χ0) is 14.7. The molecule has 3 rings (SSSR count). The molecule has 8 heteroatoms. The summed E-state index contributed by atoms with van der Waals surface area (Å²) in [4.78, 5) is 13.0. The van der Waals surface area contributed by atoms with E-state index in [9.17, 15) is 0 Å². The van der Waals surface area contributed by atoms with Crippen LogP contribution in [-0.2, 0) is 23.6 Å². The first-order chi connectivity index (χ1) is 10.3. The lowest BCUT2D eigenvalue weighted by Gasteiger charge is -2.03. The highest BCUT2D eigenvalue weighted by molar-refractivity contribution is 7.98. The van der Waals surface area contributed by atoms with Gasteiger partial charge in [-0.3, -0.25) is 4.98 Å². The van der Waals surface area contributed by atoms with Gasteiger partial charge in [0.25, 0.3) is 5.89 Å². The average Bonchev–Trinajstić information content (AvgIpc) is 3.09. The molecule has 0 N–H and O–H groups in total. The minimum atomic E-state index is 0.330. The highest BCUT2D eigenvalue weighted by Crippen LogP contribution is 2.25. The maximum Gasteiger partial charge on any atom is 0.252 e. The first kappa shape index (κ1) is 14.0. The number of methoxy groups -OCH3 is 1. The van der Waals surface area contributed by atoms with Crippen LogP contribution < -0.4 is 0 Å². The Bertz CT molecular complexity index is 739. The third-order valence-electron chi connectivity index (χ3n) is 2.94. The number of rotatable bonds is 6. The SMILES string of the molecule is CCn1c(SCc2noc(COC)n2)nc2cnccc21. The lowest BCUT2D eigenvalue weighted by Crippen LogP contribution is -1.97. The van der Waals surface area contributed by atoms with Gasteiger partial charge in [0.2, 0.25) is 0 Å². The van der Waals surface area contributed by atoms with Gasteiger partial charge in [-0.05, 0) is 13.0 Å². The molecule has 21 heavy (non-hydrogen) atoms. The third kappa shape index (κ3) is 2.91. The summed E-state index contributed by atoms with van der Waals surface area (Å²) in [6, 6.07) is 1.97. The first-order valence-corrected chi connectivity index (χ1v) is 7.53. The van der Waals surface area contributed by atoms with E-state index in [1.165, 1.54) is 0 Å². The van der Waals surface area contributed by atoms with Crippen LogP contribution in [0.4, 0.5) is 0 Å². The van der Waals surface area contributed by atoms with Gasteiger partial charge in [0.1, 0.15) is 12.1 Å². The number of fused-ring (bicyclic) bond motifs is 1. The predicted molar refractivity (Wildman–Crippen MR) is 77.8 cm³/mol. The quantitative estimate of drug-likeness (QED) is 0.646. The van der Waals surface area contributed by atoms with Gasteiger partial charge in [-0.2, -0.15) is 4.98 Å². The summed E-state index contributed by atoms with van der Waals surface area (Å²) in [5, 5.41) is 4.85. The highest BCUT2D eigenvalue weighted by Gasteiger charge is 2.12. The molecule has 0 aromatic carbocycles. The van der Waals surface area contributed by atoms with E-state index in [-0.39, 0.29) is 0 Å². The molecular formula is C13H15N5O2S. The summed E-state index contributed by atoms with van der Waals surface area (Å²) < 4.78 is 12.2. The molecular weight excluding hydrogens is 290 g/mol. The predicted octanol–water partition coefficient (Wildman–Crippen LogP) is 2.27. The van der Waals surface area contributed by atoms with Crippen LogP contribution >= 0.6 is 11.8 Å². The maximum absolute atomic E-state index is 5.07. The Hall–Kier alpha value is -1.93. The van der Waals surface area contributed by atoms with Crippen LogP contribution in [-0.4, -0.2) is 31.8 Å². The van der Waals surface area contributed by atoms with E-state index >= 15 is 0 Å². The number of imidazole rings is 1. The Labute approximate surface area is 125 Å². The van der Waals surface area contributed by atoms with E-state index in [1.54, 1.807) is 31.3 Å². The molecule has 0 unspecified atom stereocenters. The summed E-state index contributed by atoms with van der Waals surface area (Å²) in [7, 11) is 1.59. The van der Waals surface area contributed by atoms with Crippen LogP contribution in [0.2, 0.25) is 0 Å². The highest BCUT2D eigenvalue weighted by atomic mass is 32.2. The van der Waals surface area contributed by atoms with Gasteiger partial charge in [-0.1, -0.05) is 16.9 Å². The second-order valence-corrected chi connectivity index (χ2v) is 5.27. The van der Waals surface area contributed by atoms with Crippen molar-refractivity contribution in [3.63, 3.8) is 0 Å². The summed E-state index contributed by atoms with van der Waals surface area (Å²) in [6.45, 7) is 3.28. The Kier molecular flexibility index (Phi) is 4.16. The topological polar surface area (TPSA) is 78.9 Å². The molecule has 0 spiro atoms. The molecule has 3 aromatic rings. The van der Waals surface area contributed by atoms with E-state index in [0.29, 0.717) is 24.1 Å². The molecule has 0 amide bonds. The first-order valence-electron chi connectivity index (χ1n) is 6.55. The van der Waals surface area contributed by atoms with Gasteiger partial charge in [0, 0.05) is 19.9 Å². The van der Waals surface area contributed by atoms with Crippen molar-refractivity contribution in [1.82, 2.24) is 24.7 Å². The minimum Gasteiger partial charge on any atom is -0.375 e. The molecule has 0 aliphatic carbocycles. The molecule has 0 aliphatic rings. The zero-order valence-electron chi connectivity index (χ0n) is 11.8. The Morgan fingerprint density at radius 2 is 2.29 bits per heavy atom. The maximum atomic E-state index is 5.07. The number of ether oxygens (including phenoxy) is 1. The van der Waals surface area contributed by atoms with Gasteiger partial charge in [0.05, 0.1) is 17.5 Å². The van der Waals surface area contributed by atoms with E-state index < -0.39 is 0 Å². The summed E-state index contributed by atoms with van der Waals surface area (Å²) >= 11 is 1.58. The number of aromatic nitrogens is 5. The van der Waals surface area contributed by atoms with Gasteiger partial charge in [0.15, 0.2) is 11.0 Å². The molecule has 0 radical (unpaired) electrons. The minimum absolute atomic E-state index is 0.330.